The van der Waals surface area contributed by atoms with Gasteiger partial charge in [0.1, 0.15) is 0 Å². The summed E-state index contributed by atoms with van der Waals surface area (Å²) < 4.78 is 12.2. The van der Waals surface area contributed by atoms with E-state index in [4.69, 9.17) is 17.3 Å². The number of hydrogen-bond acceptors (Lipinski definition) is 3. The van der Waals surface area contributed by atoms with Crippen molar-refractivity contribution in [2.75, 3.05) is 16.8 Å². The van der Waals surface area contributed by atoms with Gasteiger partial charge in [-0.2, -0.15) is 0 Å². The van der Waals surface area contributed by atoms with Crippen LogP contribution in [0, 0.1) is 0 Å². The van der Waals surface area contributed by atoms with Gasteiger partial charge in [0.25, 0.3) is 0 Å². The Balaban J connectivity index is 1.80. The fourth-order valence-electron chi connectivity index (χ4n) is 2.53. The molecule has 0 radical (unpaired) electrons. The van der Waals surface area contributed by atoms with Crippen molar-refractivity contribution in [3.05, 3.63) is 23.2 Å². The molecule has 116 valence electrons. The Hall–Kier alpha value is -1.07. The standard InChI is InChI=1S/C15H21ClN2O2S/c16-13-10-11(17)6-7-14(13)18-15(19)8-9-21(20)12-4-2-1-3-5-12/h6-7,10,12H,1-5,8-9,17H2,(H,18,19). The molecular weight excluding hydrogens is 308 g/mol. The zero-order valence-corrected chi connectivity index (χ0v) is 13.5. The number of nitrogens with two attached hydrogens (primary N) is 1. The number of anilines is 2. The van der Waals surface area contributed by atoms with Crippen molar-refractivity contribution in [3.8, 4) is 0 Å². The normalized spacial score (nSPS) is 17.4. The lowest BCUT2D eigenvalue weighted by Gasteiger charge is -2.20. The summed E-state index contributed by atoms with van der Waals surface area (Å²) in [5, 5.41) is 3.42. The molecule has 1 aromatic carbocycles. The van der Waals surface area contributed by atoms with Crippen LogP contribution in [0.5, 0.6) is 0 Å². The fourth-order valence-corrected chi connectivity index (χ4v) is 4.35. The van der Waals surface area contributed by atoms with Gasteiger partial charge in [-0.15, -0.1) is 0 Å². The number of nitrogen functional groups attached to an aromatic ring is 1. The maximum absolute atomic E-state index is 12.2. The molecule has 0 aliphatic heterocycles. The van der Waals surface area contributed by atoms with Crippen molar-refractivity contribution in [2.24, 2.45) is 0 Å². The topological polar surface area (TPSA) is 72.2 Å². The third-order valence-electron chi connectivity index (χ3n) is 3.72. The number of halogens is 1. The van der Waals surface area contributed by atoms with Gasteiger partial charge in [-0.05, 0) is 31.0 Å². The molecule has 4 nitrogen and oxygen atoms in total. The average Bonchev–Trinajstić information content (AvgIpc) is 2.48. The minimum atomic E-state index is -0.908. The second-order valence-electron chi connectivity index (χ2n) is 5.38. The molecule has 0 spiro atoms. The summed E-state index contributed by atoms with van der Waals surface area (Å²) in [4.78, 5) is 11.9. The maximum Gasteiger partial charge on any atom is 0.225 e. The summed E-state index contributed by atoms with van der Waals surface area (Å²) in [6.07, 6.45) is 5.86. The highest BCUT2D eigenvalue weighted by molar-refractivity contribution is 7.85. The van der Waals surface area contributed by atoms with Gasteiger partial charge in [0.15, 0.2) is 0 Å². The predicted octanol–water partition coefficient (Wildman–Crippen LogP) is 3.33. The first-order valence-corrected chi connectivity index (χ1v) is 9.04. The molecule has 3 N–H and O–H groups in total. The van der Waals surface area contributed by atoms with Gasteiger partial charge < -0.3 is 11.1 Å². The Morgan fingerprint density at radius 3 is 2.71 bits per heavy atom. The van der Waals surface area contributed by atoms with E-state index in [0.29, 0.717) is 22.2 Å². The van der Waals surface area contributed by atoms with Crippen molar-refractivity contribution in [1.29, 1.82) is 0 Å². The maximum atomic E-state index is 12.2. The third-order valence-corrected chi connectivity index (χ3v) is 5.86. The van der Waals surface area contributed by atoms with Crippen LogP contribution in [-0.2, 0) is 15.6 Å². The van der Waals surface area contributed by atoms with E-state index in [-0.39, 0.29) is 17.6 Å². The molecular formula is C15H21ClN2O2S. The number of amides is 1. The number of carbonyl (C=O) groups is 1. The van der Waals surface area contributed by atoms with Gasteiger partial charge in [0, 0.05) is 33.9 Å². The fraction of sp³-hybridized carbons (Fsp3) is 0.533. The molecule has 1 fully saturated rings. The molecule has 21 heavy (non-hydrogen) atoms. The van der Waals surface area contributed by atoms with Crippen LogP contribution >= 0.6 is 11.6 Å². The van der Waals surface area contributed by atoms with Crippen LogP contribution in [0.15, 0.2) is 18.2 Å². The molecule has 1 atom stereocenters. The van der Waals surface area contributed by atoms with Crippen molar-refractivity contribution < 1.29 is 9.00 Å². The zero-order chi connectivity index (χ0) is 15.2. The van der Waals surface area contributed by atoms with E-state index in [1.54, 1.807) is 18.2 Å². The first kappa shape index (κ1) is 16.3. The smallest absolute Gasteiger partial charge is 0.225 e. The molecule has 0 bridgehead atoms. The second kappa shape index (κ2) is 7.80. The summed E-state index contributed by atoms with van der Waals surface area (Å²) in [7, 11) is -0.908. The molecule has 0 heterocycles. The van der Waals surface area contributed by atoms with Gasteiger partial charge in [0.2, 0.25) is 5.91 Å². The molecule has 1 saturated carbocycles. The quantitative estimate of drug-likeness (QED) is 0.814. The molecule has 1 amide bonds. The highest BCUT2D eigenvalue weighted by Gasteiger charge is 2.20. The molecule has 1 unspecified atom stereocenters. The lowest BCUT2D eigenvalue weighted by Crippen LogP contribution is -2.23. The molecule has 1 aromatic rings. The monoisotopic (exact) mass is 328 g/mol. The van der Waals surface area contributed by atoms with E-state index in [9.17, 15) is 9.00 Å². The van der Waals surface area contributed by atoms with E-state index in [2.05, 4.69) is 5.32 Å². The number of hydrogen-bond donors (Lipinski definition) is 2. The van der Waals surface area contributed by atoms with Crippen molar-refractivity contribution in [1.82, 2.24) is 0 Å². The minimum absolute atomic E-state index is 0.161. The number of benzene rings is 1. The SMILES string of the molecule is Nc1ccc(NC(=O)CCS(=O)C2CCCCC2)c(Cl)c1. The Morgan fingerprint density at radius 2 is 2.05 bits per heavy atom. The average molecular weight is 329 g/mol. The summed E-state index contributed by atoms with van der Waals surface area (Å²) in [5.74, 6) is 0.258. The van der Waals surface area contributed by atoms with Gasteiger partial charge in [-0.25, -0.2) is 0 Å². The third kappa shape index (κ3) is 5.00. The van der Waals surface area contributed by atoms with Crippen LogP contribution < -0.4 is 11.1 Å². The summed E-state index contributed by atoms with van der Waals surface area (Å²) in [5.41, 5.74) is 6.70. The van der Waals surface area contributed by atoms with E-state index >= 15 is 0 Å². The summed E-state index contributed by atoms with van der Waals surface area (Å²) in [6, 6.07) is 4.95. The highest BCUT2D eigenvalue weighted by Crippen LogP contribution is 2.25. The van der Waals surface area contributed by atoms with Gasteiger partial charge in [0.05, 0.1) is 10.7 Å². The summed E-state index contributed by atoms with van der Waals surface area (Å²) >= 11 is 6.00. The first-order chi connectivity index (χ1) is 10.1. The van der Waals surface area contributed by atoms with Crippen molar-refractivity contribution >= 4 is 39.7 Å². The van der Waals surface area contributed by atoms with Gasteiger partial charge in [-0.3, -0.25) is 9.00 Å². The predicted molar refractivity (Wildman–Crippen MR) is 89.0 cm³/mol. The van der Waals surface area contributed by atoms with Gasteiger partial charge in [-0.1, -0.05) is 30.9 Å². The first-order valence-electron chi connectivity index (χ1n) is 7.28. The van der Waals surface area contributed by atoms with E-state index in [1.165, 1.54) is 6.42 Å². The van der Waals surface area contributed by atoms with Crippen LogP contribution in [-0.4, -0.2) is 21.1 Å². The van der Waals surface area contributed by atoms with E-state index < -0.39 is 10.8 Å². The number of rotatable bonds is 5. The second-order valence-corrected chi connectivity index (χ2v) is 7.63. The molecule has 0 saturated heterocycles. The van der Waals surface area contributed by atoms with Crippen LogP contribution in [0.2, 0.25) is 5.02 Å². The summed E-state index contributed by atoms with van der Waals surface area (Å²) in [6.45, 7) is 0. The van der Waals surface area contributed by atoms with Crippen LogP contribution in [0.4, 0.5) is 11.4 Å². The molecule has 1 aliphatic carbocycles. The zero-order valence-electron chi connectivity index (χ0n) is 11.9. The van der Waals surface area contributed by atoms with E-state index in [0.717, 1.165) is 25.7 Å². The van der Waals surface area contributed by atoms with Gasteiger partial charge >= 0.3 is 0 Å². The Morgan fingerprint density at radius 1 is 1.33 bits per heavy atom. The molecule has 2 rings (SSSR count). The van der Waals surface area contributed by atoms with E-state index in [1.807, 2.05) is 0 Å². The number of nitrogens with one attached hydrogen (secondary N) is 1. The lowest BCUT2D eigenvalue weighted by molar-refractivity contribution is -0.115. The van der Waals surface area contributed by atoms with Crippen molar-refractivity contribution in [3.63, 3.8) is 0 Å². The minimum Gasteiger partial charge on any atom is -0.399 e. The lowest BCUT2D eigenvalue weighted by atomic mass is 10.0. The number of carbonyl (C=O) groups excluding carboxylic acids is 1. The largest absolute Gasteiger partial charge is 0.399 e. The Kier molecular flexibility index (Phi) is 6.06. The molecule has 1 aliphatic rings. The van der Waals surface area contributed by atoms with Crippen molar-refractivity contribution in [2.45, 2.75) is 43.8 Å². The molecule has 6 heteroatoms. The van der Waals surface area contributed by atoms with Crippen LogP contribution in [0.25, 0.3) is 0 Å². The Bertz CT molecular complexity index is 530. The van der Waals surface area contributed by atoms with Crippen LogP contribution in [0.1, 0.15) is 38.5 Å². The molecule has 0 aromatic heterocycles. The Labute approximate surface area is 132 Å². The highest BCUT2D eigenvalue weighted by atomic mass is 35.5. The van der Waals surface area contributed by atoms with Crippen LogP contribution in [0.3, 0.4) is 0 Å².